The first kappa shape index (κ1) is 24.4. The number of hydrogen-bond donors (Lipinski definition) is 1. The molecule has 5 rings (SSSR count). The molecular weight excluding hydrogens is 497 g/mol. The summed E-state index contributed by atoms with van der Waals surface area (Å²) in [5.41, 5.74) is 1.52. The molecule has 0 saturated carbocycles. The van der Waals surface area contributed by atoms with Crippen molar-refractivity contribution in [2.45, 2.75) is 18.4 Å². The number of benzene rings is 3. The first-order chi connectivity index (χ1) is 17.4. The summed E-state index contributed by atoms with van der Waals surface area (Å²) < 4.78 is 7.30. The standard InChI is InChI=1S/C28H25Cl2N3O3/c1-36-25-9-5-3-7-22(25)28(35)14-16-32(17-15-28)27(34)24-18-33(20-12-10-19(29)11-13-20)26(31-24)21-6-2-4-8-23(21)30/h2-13,18,35H,14-17H2,1H3. The van der Waals surface area contributed by atoms with Crippen molar-refractivity contribution in [3.8, 4) is 22.8 Å². The van der Waals surface area contributed by atoms with Crippen LogP contribution < -0.4 is 4.74 Å². The van der Waals surface area contributed by atoms with Crippen LogP contribution in [0.4, 0.5) is 0 Å². The number of carbonyl (C=O) groups excluding carboxylic acids is 1. The smallest absolute Gasteiger partial charge is 0.274 e. The molecule has 1 amide bonds. The second-order valence-corrected chi connectivity index (χ2v) is 9.64. The molecule has 184 valence electrons. The van der Waals surface area contributed by atoms with Gasteiger partial charge in [0.25, 0.3) is 5.91 Å². The number of carbonyl (C=O) groups is 1. The topological polar surface area (TPSA) is 67.6 Å². The molecule has 0 unspecified atom stereocenters. The number of methoxy groups -OCH3 is 1. The van der Waals surface area contributed by atoms with E-state index in [9.17, 15) is 9.90 Å². The molecule has 1 N–H and O–H groups in total. The van der Waals surface area contributed by atoms with Crippen LogP contribution in [-0.4, -0.2) is 45.7 Å². The van der Waals surface area contributed by atoms with E-state index in [2.05, 4.69) is 0 Å². The van der Waals surface area contributed by atoms with Crippen LogP contribution in [0.25, 0.3) is 17.1 Å². The normalized spacial score (nSPS) is 15.1. The molecule has 0 bridgehead atoms. The fraction of sp³-hybridized carbons (Fsp3) is 0.214. The monoisotopic (exact) mass is 521 g/mol. The number of likely N-dealkylation sites (tertiary alicyclic amines) is 1. The van der Waals surface area contributed by atoms with Crippen molar-refractivity contribution < 1.29 is 14.6 Å². The fourth-order valence-electron chi connectivity index (χ4n) is 4.65. The zero-order chi connectivity index (χ0) is 25.3. The summed E-state index contributed by atoms with van der Waals surface area (Å²) in [5, 5.41) is 12.5. The van der Waals surface area contributed by atoms with E-state index in [-0.39, 0.29) is 5.91 Å². The number of imidazole rings is 1. The van der Waals surface area contributed by atoms with Gasteiger partial charge in [-0.1, -0.05) is 53.5 Å². The van der Waals surface area contributed by atoms with Gasteiger partial charge in [-0.05, 0) is 55.3 Å². The SMILES string of the molecule is COc1ccccc1C1(O)CCN(C(=O)c2cn(-c3ccc(Cl)cc3)c(-c3ccccc3Cl)n2)CC1. The van der Waals surface area contributed by atoms with Crippen LogP contribution in [-0.2, 0) is 5.60 Å². The van der Waals surface area contributed by atoms with Crippen molar-refractivity contribution in [3.05, 3.63) is 100 Å². The van der Waals surface area contributed by atoms with Gasteiger partial charge in [-0.25, -0.2) is 4.98 Å². The predicted molar refractivity (Wildman–Crippen MR) is 141 cm³/mol. The molecule has 0 atom stereocenters. The molecule has 1 aliphatic rings. The van der Waals surface area contributed by atoms with E-state index in [1.54, 1.807) is 36.4 Å². The summed E-state index contributed by atoms with van der Waals surface area (Å²) in [6.45, 7) is 0.783. The maximum Gasteiger partial charge on any atom is 0.274 e. The predicted octanol–water partition coefficient (Wildman–Crippen LogP) is 5.98. The summed E-state index contributed by atoms with van der Waals surface area (Å²) in [7, 11) is 1.59. The van der Waals surface area contributed by atoms with Gasteiger partial charge >= 0.3 is 0 Å². The second-order valence-electron chi connectivity index (χ2n) is 8.80. The fourth-order valence-corrected chi connectivity index (χ4v) is 5.00. The van der Waals surface area contributed by atoms with Gasteiger partial charge in [-0.2, -0.15) is 0 Å². The Morgan fingerprint density at radius 1 is 0.972 bits per heavy atom. The quantitative estimate of drug-likeness (QED) is 0.350. The highest BCUT2D eigenvalue weighted by Gasteiger charge is 2.38. The maximum absolute atomic E-state index is 13.5. The Kier molecular flexibility index (Phi) is 6.75. The van der Waals surface area contributed by atoms with Gasteiger partial charge in [-0.3, -0.25) is 9.36 Å². The molecular formula is C28H25Cl2N3O3. The van der Waals surface area contributed by atoms with Crippen LogP contribution in [0, 0.1) is 0 Å². The average Bonchev–Trinajstić information content (AvgIpc) is 3.34. The van der Waals surface area contributed by atoms with Crippen molar-refractivity contribution in [2.75, 3.05) is 20.2 Å². The van der Waals surface area contributed by atoms with Crippen LogP contribution >= 0.6 is 23.2 Å². The maximum atomic E-state index is 13.5. The van der Waals surface area contributed by atoms with Gasteiger partial charge in [0.2, 0.25) is 0 Å². The molecule has 0 aliphatic carbocycles. The largest absolute Gasteiger partial charge is 0.496 e. The minimum absolute atomic E-state index is 0.196. The highest BCUT2D eigenvalue weighted by atomic mass is 35.5. The Bertz CT molecular complexity index is 1390. The second kappa shape index (κ2) is 9.97. The summed E-state index contributed by atoms with van der Waals surface area (Å²) in [6, 6.07) is 22.2. The van der Waals surface area contributed by atoms with Crippen molar-refractivity contribution in [2.24, 2.45) is 0 Å². The van der Waals surface area contributed by atoms with E-state index < -0.39 is 5.60 Å². The number of para-hydroxylation sites is 1. The van der Waals surface area contributed by atoms with Gasteiger partial charge in [0, 0.05) is 41.1 Å². The van der Waals surface area contributed by atoms with E-state index in [1.807, 2.05) is 59.2 Å². The van der Waals surface area contributed by atoms with Gasteiger partial charge in [0.15, 0.2) is 0 Å². The molecule has 2 heterocycles. The van der Waals surface area contributed by atoms with Crippen LogP contribution in [0.3, 0.4) is 0 Å². The third-order valence-electron chi connectivity index (χ3n) is 6.63. The highest BCUT2D eigenvalue weighted by molar-refractivity contribution is 6.33. The Balaban J connectivity index is 1.44. The van der Waals surface area contributed by atoms with Crippen LogP contribution in [0.5, 0.6) is 5.75 Å². The van der Waals surface area contributed by atoms with Crippen molar-refractivity contribution in [1.82, 2.24) is 14.5 Å². The first-order valence-corrected chi connectivity index (χ1v) is 12.4. The lowest BCUT2D eigenvalue weighted by molar-refractivity contribution is -0.0227. The molecule has 0 spiro atoms. The first-order valence-electron chi connectivity index (χ1n) is 11.6. The highest BCUT2D eigenvalue weighted by Crippen LogP contribution is 2.38. The number of aliphatic hydroxyl groups is 1. The molecule has 1 fully saturated rings. The number of piperidine rings is 1. The van der Waals surface area contributed by atoms with Gasteiger partial charge in [0.1, 0.15) is 17.3 Å². The number of halogens is 2. The molecule has 6 nitrogen and oxygen atoms in total. The molecule has 8 heteroatoms. The van der Waals surface area contributed by atoms with Gasteiger partial charge in [0.05, 0.1) is 17.7 Å². The molecule has 4 aromatic rings. The minimum atomic E-state index is -1.06. The lowest BCUT2D eigenvalue weighted by Crippen LogP contribution is -2.45. The minimum Gasteiger partial charge on any atom is -0.496 e. The van der Waals surface area contributed by atoms with Gasteiger partial charge < -0.3 is 14.7 Å². The van der Waals surface area contributed by atoms with E-state index in [0.29, 0.717) is 53.2 Å². The molecule has 1 aromatic heterocycles. The molecule has 36 heavy (non-hydrogen) atoms. The van der Waals surface area contributed by atoms with Crippen molar-refractivity contribution >= 4 is 29.1 Å². The average molecular weight is 522 g/mol. The third kappa shape index (κ3) is 4.60. The van der Waals surface area contributed by atoms with Crippen molar-refractivity contribution in [1.29, 1.82) is 0 Å². The lowest BCUT2D eigenvalue weighted by atomic mass is 9.84. The third-order valence-corrected chi connectivity index (χ3v) is 7.21. The van der Waals surface area contributed by atoms with Crippen LogP contribution in [0.2, 0.25) is 10.0 Å². The zero-order valence-electron chi connectivity index (χ0n) is 19.7. The van der Waals surface area contributed by atoms with Crippen molar-refractivity contribution in [3.63, 3.8) is 0 Å². The Morgan fingerprint density at radius 3 is 2.33 bits per heavy atom. The Labute approximate surface area is 219 Å². The Morgan fingerprint density at radius 2 is 1.64 bits per heavy atom. The summed E-state index contributed by atoms with van der Waals surface area (Å²) in [4.78, 5) is 20.0. The van der Waals surface area contributed by atoms with E-state index in [0.717, 1.165) is 16.8 Å². The molecule has 3 aromatic carbocycles. The summed E-state index contributed by atoms with van der Waals surface area (Å²) in [6.07, 6.45) is 2.52. The molecule has 1 saturated heterocycles. The number of ether oxygens (including phenoxy) is 1. The number of nitrogens with zero attached hydrogens (tertiary/aromatic N) is 3. The number of amides is 1. The van der Waals surface area contributed by atoms with Gasteiger partial charge in [-0.15, -0.1) is 0 Å². The number of aromatic nitrogens is 2. The zero-order valence-corrected chi connectivity index (χ0v) is 21.2. The van der Waals surface area contributed by atoms with E-state index in [1.165, 1.54) is 0 Å². The summed E-state index contributed by atoms with van der Waals surface area (Å²) >= 11 is 12.6. The number of hydrogen-bond acceptors (Lipinski definition) is 4. The van der Waals surface area contributed by atoms with E-state index >= 15 is 0 Å². The number of rotatable bonds is 5. The van der Waals surface area contributed by atoms with E-state index in [4.69, 9.17) is 32.9 Å². The Hall–Kier alpha value is -3.32. The molecule has 0 radical (unpaired) electrons. The molecule has 1 aliphatic heterocycles. The summed E-state index contributed by atoms with van der Waals surface area (Å²) in [5.74, 6) is 1.01. The van der Waals surface area contributed by atoms with Crippen LogP contribution in [0.15, 0.2) is 79.0 Å². The van der Waals surface area contributed by atoms with Crippen LogP contribution in [0.1, 0.15) is 28.9 Å². The lowest BCUT2D eigenvalue weighted by Gasteiger charge is -2.38.